The largest absolute Gasteiger partial charge is 0.435 e. The van der Waals surface area contributed by atoms with Crippen LogP contribution in [0.4, 0.5) is 8.78 Å². The molecule has 0 unspecified atom stereocenters. The summed E-state index contributed by atoms with van der Waals surface area (Å²) < 4.78 is 58.9. The summed E-state index contributed by atoms with van der Waals surface area (Å²) in [5.41, 5.74) is 2.23. The van der Waals surface area contributed by atoms with Gasteiger partial charge in [0.15, 0.2) is 11.3 Å². The molecule has 0 bridgehead atoms. The van der Waals surface area contributed by atoms with Gasteiger partial charge in [0, 0.05) is 18.2 Å². The Hall–Kier alpha value is -3.12. The normalized spacial score (nSPS) is 19.6. The Morgan fingerprint density at radius 1 is 1.16 bits per heavy atom. The van der Waals surface area contributed by atoms with Crippen LogP contribution in [0.5, 0.6) is 5.75 Å². The Morgan fingerprint density at radius 3 is 2.74 bits per heavy atom. The van der Waals surface area contributed by atoms with E-state index in [1.807, 2.05) is 10.5 Å². The molecule has 0 amide bonds. The Labute approximate surface area is 175 Å². The van der Waals surface area contributed by atoms with Gasteiger partial charge in [-0.1, -0.05) is 0 Å². The summed E-state index contributed by atoms with van der Waals surface area (Å²) in [5.74, 6) is 0.710. The van der Waals surface area contributed by atoms with Crippen LogP contribution in [0, 0.1) is 0 Å². The lowest BCUT2D eigenvalue weighted by Gasteiger charge is -2.14. The minimum atomic E-state index is -3.80. The molecular weight excluding hydrogens is 430 g/mol. The van der Waals surface area contributed by atoms with Crippen LogP contribution >= 0.6 is 0 Å². The summed E-state index contributed by atoms with van der Waals surface area (Å²) in [4.78, 5) is 7.36. The molecule has 0 aliphatic heterocycles. The molecule has 2 atom stereocenters. The van der Waals surface area contributed by atoms with E-state index in [9.17, 15) is 17.2 Å². The molecule has 1 aliphatic carbocycles. The number of ether oxygens (including phenoxy) is 1. The molecule has 3 heterocycles. The third kappa shape index (κ3) is 3.72. The Kier molecular flexibility index (Phi) is 4.82. The lowest BCUT2D eigenvalue weighted by molar-refractivity contribution is -0.0498. The van der Waals surface area contributed by atoms with Crippen LogP contribution < -0.4 is 9.46 Å². The first-order valence-electron chi connectivity index (χ1n) is 9.65. The van der Waals surface area contributed by atoms with Crippen molar-refractivity contribution in [1.82, 2.24) is 29.3 Å². The second-order valence-electron chi connectivity index (χ2n) is 7.40. The van der Waals surface area contributed by atoms with Gasteiger partial charge < -0.3 is 9.72 Å². The van der Waals surface area contributed by atoms with Crippen LogP contribution in [0.2, 0.25) is 0 Å². The highest BCUT2D eigenvalue weighted by atomic mass is 32.2. The summed E-state index contributed by atoms with van der Waals surface area (Å²) in [5, 5.41) is 8.54. The molecule has 5 rings (SSSR count). The van der Waals surface area contributed by atoms with Gasteiger partial charge in [-0.05, 0) is 49.6 Å². The maximum absolute atomic E-state index is 12.7. The zero-order chi connectivity index (χ0) is 21.6. The smallest absolute Gasteiger partial charge is 0.387 e. The van der Waals surface area contributed by atoms with E-state index in [-0.39, 0.29) is 22.6 Å². The van der Waals surface area contributed by atoms with Crippen LogP contribution in [-0.2, 0) is 10.0 Å². The van der Waals surface area contributed by atoms with Crippen molar-refractivity contribution in [3.8, 4) is 5.75 Å². The number of nitrogens with zero attached hydrogens (tertiary/aromatic N) is 4. The van der Waals surface area contributed by atoms with Gasteiger partial charge >= 0.3 is 6.61 Å². The number of fused-ring (bicyclic) bond motifs is 3. The van der Waals surface area contributed by atoms with Crippen molar-refractivity contribution >= 4 is 26.8 Å². The lowest BCUT2D eigenvalue weighted by Crippen LogP contribution is -2.33. The lowest BCUT2D eigenvalue weighted by atomic mass is 10.1. The molecule has 9 nitrogen and oxygen atoms in total. The summed E-state index contributed by atoms with van der Waals surface area (Å²) in [6.45, 7) is -2.97. The molecule has 1 aliphatic rings. The molecule has 162 valence electrons. The van der Waals surface area contributed by atoms with Gasteiger partial charge in [-0.25, -0.2) is 18.1 Å². The highest BCUT2D eigenvalue weighted by molar-refractivity contribution is 7.89. The number of halogens is 2. The number of H-pyrrole nitrogens is 1. The molecule has 1 aromatic carbocycles. The molecular formula is C19H18F2N6O3S. The Bertz CT molecular complexity index is 1340. The van der Waals surface area contributed by atoms with E-state index in [1.54, 1.807) is 12.4 Å². The number of sulfonamides is 1. The van der Waals surface area contributed by atoms with Crippen LogP contribution in [0.1, 0.15) is 31.0 Å². The first kappa shape index (κ1) is 19.8. The van der Waals surface area contributed by atoms with Crippen LogP contribution in [0.3, 0.4) is 0 Å². The van der Waals surface area contributed by atoms with E-state index >= 15 is 0 Å². The van der Waals surface area contributed by atoms with Crippen LogP contribution in [-0.4, -0.2) is 45.6 Å². The highest BCUT2D eigenvalue weighted by Gasteiger charge is 2.32. The fourth-order valence-corrected chi connectivity index (χ4v) is 5.36. The quantitative estimate of drug-likeness (QED) is 0.469. The average Bonchev–Trinajstić information content (AvgIpc) is 3.45. The molecule has 4 aromatic rings. The molecule has 2 N–H and O–H groups in total. The molecule has 12 heteroatoms. The maximum atomic E-state index is 12.7. The molecule has 3 aromatic heterocycles. The van der Waals surface area contributed by atoms with Crippen molar-refractivity contribution in [3.05, 3.63) is 48.5 Å². The summed E-state index contributed by atoms with van der Waals surface area (Å²) in [6.07, 6.45) is 5.41. The number of hydrogen-bond donors (Lipinski definition) is 2. The standard InChI is InChI=1S/C19H18F2N6O3S/c20-19(21)30-13-3-5-14(6-4-13)31(28,29)26-12-2-1-11(9-12)18-25-24-16-10-23-17-15(27(16)18)7-8-22-17/h3-8,10-12,19,22,26H,1-2,9H2/t11-,12+/m1/s1. The average molecular weight is 448 g/mol. The van der Waals surface area contributed by atoms with Gasteiger partial charge in [0.1, 0.15) is 11.6 Å². The summed E-state index contributed by atoms with van der Waals surface area (Å²) in [6, 6.07) is 6.52. The maximum Gasteiger partial charge on any atom is 0.387 e. The van der Waals surface area contributed by atoms with E-state index in [0.29, 0.717) is 18.5 Å². The number of aromatic amines is 1. The second-order valence-corrected chi connectivity index (χ2v) is 9.11. The van der Waals surface area contributed by atoms with Crippen molar-refractivity contribution in [1.29, 1.82) is 0 Å². The van der Waals surface area contributed by atoms with E-state index < -0.39 is 16.6 Å². The third-order valence-corrected chi connectivity index (χ3v) is 6.98. The Morgan fingerprint density at radius 2 is 1.97 bits per heavy atom. The van der Waals surface area contributed by atoms with Gasteiger partial charge in [0.05, 0.1) is 16.6 Å². The zero-order valence-electron chi connectivity index (χ0n) is 16.1. The summed E-state index contributed by atoms with van der Waals surface area (Å²) >= 11 is 0. The first-order chi connectivity index (χ1) is 14.9. The van der Waals surface area contributed by atoms with E-state index in [0.717, 1.165) is 23.4 Å². The SMILES string of the molecule is O=S(=O)(N[C@H]1CC[C@@H](c2nnc3cnc4[nH]ccc4n23)C1)c1ccc(OC(F)F)cc1. The predicted molar refractivity (Wildman–Crippen MR) is 106 cm³/mol. The van der Waals surface area contributed by atoms with Crippen molar-refractivity contribution in [2.45, 2.75) is 42.7 Å². The van der Waals surface area contributed by atoms with E-state index in [2.05, 4.69) is 29.6 Å². The van der Waals surface area contributed by atoms with Crippen molar-refractivity contribution < 1.29 is 21.9 Å². The van der Waals surface area contributed by atoms with Gasteiger partial charge in [-0.2, -0.15) is 8.78 Å². The summed E-state index contributed by atoms with van der Waals surface area (Å²) in [7, 11) is -3.80. The minimum absolute atomic E-state index is 0.00870. The van der Waals surface area contributed by atoms with Gasteiger partial charge in [0.2, 0.25) is 10.0 Å². The molecule has 0 saturated heterocycles. The van der Waals surface area contributed by atoms with Crippen molar-refractivity contribution in [2.24, 2.45) is 0 Å². The first-order valence-corrected chi connectivity index (χ1v) is 11.1. The number of hydrogen-bond acceptors (Lipinski definition) is 6. The number of nitrogens with one attached hydrogen (secondary N) is 2. The van der Waals surface area contributed by atoms with Crippen LogP contribution in [0.15, 0.2) is 47.6 Å². The number of alkyl halides is 2. The van der Waals surface area contributed by atoms with E-state index in [1.165, 1.54) is 24.3 Å². The fraction of sp³-hybridized carbons (Fsp3) is 0.316. The van der Waals surface area contributed by atoms with Gasteiger partial charge in [-0.3, -0.25) is 4.40 Å². The van der Waals surface area contributed by atoms with Gasteiger partial charge in [0.25, 0.3) is 0 Å². The number of benzene rings is 1. The van der Waals surface area contributed by atoms with Crippen LogP contribution in [0.25, 0.3) is 16.8 Å². The third-order valence-electron chi connectivity index (χ3n) is 5.45. The molecule has 0 radical (unpaired) electrons. The molecule has 0 spiro atoms. The number of aromatic nitrogens is 5. The number of rotatable bonds is 6. The predicted octanol–water partition coefficient (Wildman–Crippen LogP) is 2.82. The molecule has 31 heavy (non-hydrogen) atoms. The zero-order valence-corrected chi connectivity index (χ0v) is 16.9. The van der Waals surface area contributed by atoms with E-state index in [4.69, 9.17) is 0 Å². The highest BCUT2D eigenvalue weighted by Crippen LogP contribution is 2.35. The monoisotopic (exact) mass is 448 g/mol. The topological polar surface area (TPSA) is 114 Å². The molecule has 1 fully saturated rings. The fourth-order valence-electron chi connectivity index (χ4n) is 4.07. The second kappa shape index (κ2) is 7.54. The van der Waals surface area contributed by atoms with Gasteiger partial charge in [-0.15, -0.1) is 10.2 Å². The Balaban J connectivity index is 1.33. The van der Waals surface area contributed by atoms with Crippen molar-refractivity contribution in [2.75, 3.05) is 0 Å². The minimum Gasteiger partial charge on any atom is -0.435 e. The van der Waals surface area contributed by atoms with Crippen molar-refractivity contribution in [3.63, 3.8) is 0 Å². The molecule has 1 saturated carbocycles.